The van der Waals surface area contributed by atoms with Gasteiger partial charge in [0.25, 0.3) is 6.33 Å². The van der Waals surface area contributed by atoms with Gasteiger partial charge in [0.1, 0.15) is 0 Å². The Bertz CT molecular complexity index is 543. The molecule has 1 heterocycles. The van der Waals surface area contributed by atoms with E-state index >= 15 is 0 Å². The standard InChI is InChI=1S/C7H13N2O4S2/c1-6-7(2)9(15(4,12)13)5-8(6)14(3,10)11/h5H,1-4H3/q+1. The lowest BCUT2D eigenvalue weighted by atomic mass is 10.4. The van der Waals surface area contributed by atoms with Crippen LogP contribution in [0.4, 0.5) is 0 Å². The highest BCUT2D eigenvalue weighted by atomic mass is 32.2. The predicted molar refractivity (Wildman–Crippen MR) is 54.6 cm³/mol. The largest absolute Gasteiger partial charge is 0.302 e. The van der Waals surface area contributed by atoms with Crippen LogP contribution in [0.5, 0.6) is 0 Å². The lowest BCUT2D eigenvalue weighted by Crippen LogP contribution is -2.42. The summed E-state index contributed by atoms with van der Waals surface area (Å²) >= 11 is 0. The molecule has 0 radical (unpaired) electrons. The van der Waals surface area contributed by atoms with Crippen LogP contribution in [0.15, 0.2) is 6.33 Å². The molecule has 0 N–H and O–H groups in total. The second kappa shape index (κ2) is 3.31. The van der Waals surface area contributed by atoms with Crippen molar-refractivity contribution in [3.05, 3.63) is 17.7 Å². The van der Waals surface area contributed by atoms with E-state index < -0.39 is 20.0 Å². The first-order chi connectivity index (χ1) is 6.55. The summed E-state index contributed by atoms with van der Waals surface area (Å²) in [5.41, 5.74) is 0.783. The van der Waals surface area contributed by atoms with Crippen LogP contribution < -0.4 is 3.97 Å². The molecule has 0 saturated heterocycles. The Hall–Kier alpha value is -0.890. The van der Waals surface area contributed by atoms with Crippen molar-refractivity contribution in [2.24, 2.45) is 0 Å². The van der Waals surface area contributed by atoms with Crippen LogP contribution in [0.25, 0.3) is 0 Å². The molecule has 0 amide bonds. The molecule has 0 unspecified atom stereocenters. The number of nitrogens with zero attached hydrogens (tertiary/aromatic N) is 2. The minimum absolute atomic E-state index is 0.392. The second-order valence-electron chi connectivity index (χ2n) is 3.40. The van der Waals surface area contributed by atoms with E-state index in [-0.39, 0.29) is 0 Å². The van der Waals surface area contributed by atoms with Crippen molar-refractivity contribution >= 4 is 20.0 Å². The van der Waals surface area contributed by atoms with E-state index in [9.17, 15) is 16.8 Å². The highest BCUT2D eigenvalue weighted by Gasteiger charge is 2.27. The van der Waals surface area contributed by atoms with Gasteiger partial charge in [-0.2, -0.15) is 16.8 Å². The normalized spacial score (nSPS) is 13.1. The summed E-state index contributed by atoms with van der Waals surface area (Å²) in [6.07, 6.45) is 3.10. The molecule has 0 aliphatic carbocycles. The van der Waals surface area contributed by atoms with Crippen LogP contribution in [-0.4, -0.2) is 33.3 Å². The Labute approximate surface area is 89.3 Å². The summed E-state index contributed by atoms with van der Waals surface area (Å²) in [5.74, 6) is 0. The van der Waals surface area contributed by atoms with Crippen molar-refractivity contribution in [3.63, 3.8) is 0 Å². The molecule has 86 valence electrons. The third kappa shape index (κ3) is 2.20. The summed E-state index contributed by atoms with van der Waals surface area (Å²) in [7, 11) is -6.93. The van der Waals surface area contributed by atoms with Crippen LogP contribution in [-0.2, 0) is 20.0 Å². The van der Waals surface area contributed by atoms with Crippen LogP contribution in [0, 0.1) is 13.8 Å². The van der Waals surface area contributed by atoms with E-state index in [2.05, 4.69) is 0 Å². The lowest BCUT2D eigenvalue weighted by Gasteiger charge is -1.91. The van der Waals surface area contributed by atoms with Crippen molar-refractivity contribution in [1.82, 2.24) is 3.97 Å². The van der Waals surface area contributed by atoms with Gasteiger partial charge in [0.2, 0.25) is 0 Å². The molecule has 0 saturated carbocycles. The van der Waals surface area contributed by atoms with Crippen molar-refractivity contribution in [3.8, 4) is 0 Å². The van der Waals surface area contributed by atoms with Crippen molar-refractivity contribution in [2.45, 2.75) is 13.8 Å². The third-order valence-electron chi connectivity index (χ3n) is 2.11. The van der Waals surface area contributed by atoms with E-state index in [1.54, 1.807) is 13.8 Å². The summed E-state index contributed by atoms with van der Waals surface area (Å²) in [6.45, 7) is 3.11. The van der Waals surface area contributed by atoms with E-state index in [4.69, 9.17) is 0 Å². The smallest absolute Gasteiger partial charge is 0.184 e. The summed E-state index contributed by atoms with van der Waals surface area (Å²) < 4.78 is 47.1. The molecular formula is C7H13N2O4S2+. The molecule has 0 aliphatic rings. The molecular weight excluding hydrogens is 240 g/mol. The number of rotatable bonds is 2. The molecule has 0 aliphatic heterocycles. The van der Waals surface area contributed by atoms with Gasteiger partial charge in [-0.05, 0) is 0 Å². The lowest BCUT2D eigenvalue weighted by molar-refractivity contribution is -0.516. The van der Waals surface area contributed by atoms with Gasteiger partial charge < -0.3 is 0 Å². The Morgan fingerprint density at radius 3 is 1.80 bits per heavy atom. The zero-order valence-corrected chi connectivity index (χ0v) is 10.6. The molecule has 15 heavy (non-hydrogen) atoms. The fourth-order valence-corrected chi connectivity index (χ4v) is 3.11. The highest BCUT2D eigenvalue weighted by molar-refractivity contribution is 7.89. The molecule has 0 spiro atoms. The summed E-state index contributed by atoms with van der Waals surface area (Å²) in [6, 6.07) is 0. The first-order valence-corrected chi connectivity index (χ1v) is 7.76. The molecule has 8 heteroatoms. The first-order valence-electron chi connectivity index (χ1n) is 4.06. The molecule has 6 nitrogen and oxygen atoms in total. The Balaban J connectivity index is 3.67. The zero-order chi connectivity index (χ0) is 12.0. The molecule has 1 aromatic rings. The van der Waals surface area contributed by atoms with E-state index in [0.29, 0.717) is 11.4 Å². The number of aromatic nitrogens is 2. The van der Waals surface area contributed by atoms with Crippen LogP contribution >= 0.6 is 0 Å². The summed E-state index contributed by atoms with van der Waals surface area (Å²) in [4.78, 5) is 0. The molecule has 0 bridgehead atoms. The number of hydrogen-bond donors (Lipinski definition) is 0. The summed E-state index contributed by atoms with van der Waals surface area (Å²) in [5, 5.41) is 0. The van der Waals surface area contributed by atoms with Gasteiger partial charge in [-0.25, -0.2) is 0 Å². The SMILES string of the molecule is Cc1c(C)[n+](S(C)(=O)=O)cn1S(C)(=O)=O. The molecule has 1 aromatic heterocycles. The predicted octanol–water partition coefficient (Wildman–Crippen LogP) is -0.992. The molecule has 1 rings (SSSR count). The maximum Gasteiger partial charge on any atom is 0.302 e. The highest BCUT2D eigenvalue weighted by Crippen LogP contribution is 2.06. The fourth-order valence-electron chi connectivity index (χ4n) is 1.26. The van der Waals surface area contributed by atoms with Gasteiger partial charge in [-0.1, -0.05) is 0 Å². The maximum atomic E-state index is 11.3. The van der Waals surface area contributed by atoms with Gasteiger partial charge in [0, 0.05) is 13.8 Å². The monoisotopic (exact) mass is 253 g/mol. The van der Waals surface area contributed by atoms with Crippen LogP contribution in [0.1, 0.15) is 11.4 Å². The molecule has 0 aromatic carbocycles. The minimum atomic E-state index is -3.46. The quantitative estimate of drug-likeness (QED) is 0.634. The maximum absolute atomic E-state index is 11.3. The average Bonchev–Trinajstić information content (AvgIpc) is 2.26. The Morgan fingerprint density at radius 2 is 1.60 bits per heavy atom. The first kappa shape index (κ1) is 12.2. The Kier molecular flexibility index (Phi) is 2.69. The third-order valence-corrected chi connectivity index (χ3v) is 4.27. The van der Waals surface area contributed by atoms with Crippen LogP contribution in [0.2, 0.25) is 0 Å². The van der Waals surface area contributed by atoms with Gasteiger partial charge in [-0.15, -0.1) is 7.94 Å². The van der Waals surface area contributed by atoms with Crippen molar-refractivity contribution in [1.29, 1.82) is 0 Å². The number of hydrogen-bond acceptors (Lipinski definition) is 4. The number of imidazole rings is 1. The van der Waals surface area contributed by atoms with Gasteiger partial charge in [0.05, 0.1) is 12.5 Å². The zero-order valence-electron chi connectivity index (χ0n) is 8.92. The van der Waals surface area contributed by atoms with Crippen molar-refractivity contribution in [2.75, 3.05) is 12.5 Å². The second-order valence-corrected chi connectivity index (χ2v) is 7.12. The minimum Gasteiger partial charge on any atom is -0.184 e. The van der Waals surface area contributed by atoms with Crippen LogP contribution in [0.3, 0.4) is 0 Å². The topological polar surface area (TPSA) is 77.1 Å². The molecule has 0 atom stereocenters. The van der Waals surface area contributed by atoms with Gasteiger partial charge in [0.15, 0.2) is 11.4 Å². The molecule has 0 fully saturated rings. The van der Waals surface area contributed by atoms with Crippen molar-refractivity contribution < 1.29 is 20.8 Å². The van der Waals surface area contributed by atoms with Gasteiger partial charge in [-0.3, -0.25) is 0 Å². The van der Waals surface area contributed by atoms with E-state index in [1.807, 2.05) is 0 Å². The van der Waals surface area contributed by atoms with E-state index in [1.165, 1.54) is 0 Å². The average molecular weight is 253 g/mol. The Morgan fingerprint density at radius 1 is 1.13 bits per heavy atom. The fraction of sp³-hybridized carbons (Fsp3) is 0.571. The van der Waals surface area contributed by atoms with E-state index in [0.717, 1.165) is 26.8 Å². The van der Waals surface area contributed by atoms with Gasteiger partial charge >= 0.3 is 20.0 Å².